The molecule has 0 amide bonds. The Hall–Kier alpha value is -1.42. The van der Waals surface area contributed by atoms with Crippen LogP contribution in [0.1, 0.15) is 17.5 Å². The fourth-order valence-corrected chi connectivity index (χ4v) is 0.843. The minimum absolute atomic E-state index is 0.169. The van der Waals surface area contributed by atoms with Gasteiger partial charge in [0.25, 0.3) is 0 Å². The summed E-state index contributed by atoms with van der Waals surface area (Å²) in [6.45, 7) is 1.73. The van der Waals surface area contributed by atoms with Crippen LogP contribution in [0.15, 0.2) is 18.2 Å². The van der Waals surface area contributed by atoms with Gasteiger partial charge in [-0.3, -0.25) is 4.98 Å². The number of aliphatic hydroxyl groups is 1. The van der Waals surface area contributed by atoms with Gasteiger partial charge in [0, 0.05) is 5.69 Å². The molecule has 0 aliphatic carbocycles. The van der Waals surface area contributed by atoms with Gasteiger partial charge in [0.1, 0.15) is 0 Å². The summed E-state index contributed by atoms with van der Waals surface area (Å²) < 4.78 is 0. The number of carbonyl (C=O) groups is 1. The lowest BCUT2D eigenvalue weighted by Gasteiger charge is -2.04. The van der Waals surface area contributed by atoms with Crippen LogP contribution in [0.2, 0.25) is 0 Å². The van der Waals surface area contributed by atoms with Gasteiger partial charge in [-0.05, 0) is 19.1 Å². The van der Waals surface area contributed by atoms with Gasteiger partial charge in [0.15, 0.2) is 6.10 Å². The topological polar surface area (TPSA) is 70.4 Å². The maximum absolute atomic E-state index is 10.3. The number of hydrogen-bond acceptors (Lipinski definition) is 3. The van der Waals surface area contributed by atoms with Crippen LogP contribution in [0.3, 0.4) is 0 Å². The van der Waals surface area contributed by atoms with Crippen LogP contribution in [-0.2, 0) is 4.79 Å². The van der Waals surface area contributed by atoms with Crippen molar-refractivity contribution in [2.24, 2.45) is 0 Å². The molecule has 1 aromatic rings. The standard InChI is InChI=1S/C8H9NO3/c1-5-3-2-4-6(9-5)7(10)8(11)12/h2-4,7,10H,1H3,(H,11,12)/t7-/m1/s1. The molecule has 0 aliphatic rings. The van der Waals surface area contributed by atoms with Crippen molar-refractivity contribution in [3.63, 3.8) is 0 Å². The second-order valence-corrected chi connectivity index (χ2v) is 2.44. The zero-order valence-corrected chi connectivity index (χ0v) is 6.56. The third-order valence-electron chi connectivity index (χ3n) is 1.42. The maximum atomic E-state index is 10.3. The smallest absolute Gasteiger partial charge is 0.338 e. The van der Waals surface area contributed by atoms with Crippen molar-refractivity contribution in [2.45, 2.75) is 13.0 Å². The minimum Gasteiger partial charge on any atom is -0.479 e. The average molecular weight is 167 g/mol. The predicted octanol–water partition coefficient (Wildman–Crippen LogP) is 0.508. The maximum Gasteiger partial charge on any atom is 0.338 e. The minimum atomic E-state index is -1.52. The number of rotatable bonds is 2. The average Bonchev–Trinajstić information content (AvgIpc) is 2.03. The van der Waals surface area contributed by atoms with Crippen LogP contribution in [0.5, 0.6) is 0 Å². The number of aromatic nitrogens is 1. The first-order valence-corrected chi connectivity index (χ1v) is 3.45. The number of carboxylic acids is 1. The van der Waals surface area contributed by atoms with E-state index in [1.165, 1.54) is 6.07 Å². The Bertz CT molecular complexity index is 298. The van der Waals surface area contributed by atoms with E-state index in [1.54, 1.807) is 19.1 Å². The third-order valence-corrected chi connectivity index (χ3v) is 1.42. The summed E-state index contributed by atoms with van der Waals surface area (Å²) in [4.78, 5) is 14.2. The summed E-state index contributed by atoms with van der Waals surface area (Å²) in [5.74, 6) is -1.28. The molecule has 0 saturated heterocycles. The van der Waals surface area contributed by atoms with Gasteiger partial charge in [-0.15, -0.1) is 0 Å². The summed E-state index contributed by atoms with van der Waals surface area (Å²) in [6.07, 6.45) is -1.52. The van der Waals surface area contributed by atoms with Gasteiger partial charge >= 0.3 is 5.97 Å². The molecule has 0 fully saturated rings. The third kappa shape index (κ3) is 1.79. The highest BCUT2D eigenvalue weighted by Crippen LogP contribution is 2.09. The predicted molar refractivity (Wildman–Crippen MR) is 41.6 cm³/mol. The Morgan fingerprint density at radius 2 is 2.25 bits per heavy atom. The number of hydrogen-bond donors (Lipinski definition) is 2. The van der Waals surface area contributed by atoms with E-state index in [2.05, 4.69) is 4.98 Å². The Morgan fingerprint density at radius 1 is 1.58 bits per heavy atom. The molecule has 4 heteroatoms. The Balaban J connectivity index is 2.95. The monoisotopic (exact) mass is 167 g/mol. The normalized spacial score (nSPS) is 12.5. The van der Waals surface area contributed by atoms with E-state index in [9.17, 15) is 4.79 Å². The molecular weight excluding hydrogens is 158 g/mol. The summed E-state index contributed by atoms with van der Waals surface area (Å²) >= 11 is 0. The van der Waals surface area contributed by atoms with E-state index in [0.29, 0.717) is 5.69 Å². The van der Waals surface area contributed by atoms with Crippen molar-refractivity contribution in [3.8, 4) is 0 Å². The number of carboxylic acid groups (broad SMARTS) is 1. The number of aliphatic carboxylic acids is 1. The zero-order valence-electron chi connectivity index (χ0n) is 6.56. The quantitative estimate of drug-likeness (QED) is 0.673. The molecule has 0 aliphatic heterocycles. The number of nitrogens with zero attached hydrogens (tertiary/aromatic N) is 1. The van der Waals surface area contributed by atoms with Crippen LogP contribution in [0.25, 0.3) is 0 Å². The molecule has 0 saturated carbocycles. The molecule has 0 bridgehead atoms. The molecule has 4 nitrogen and oxygen atoms in total. The van der Waals surface area contributed by atoms with Gasteiger partial charge in [-0.1, -0.05) is 6.07 Å². The van der Waals surface area contributed by atoms with E-state index in [-0.39, 0.29) is 5.69 Å². The zero-order chi connectivity index (χ0) is 9.14. The molecule has 1 aromatic heterocycles. The number of pyridine rings is 1. The summed E-state index contributed by atoms with van der Waals surface area (Å²) in [6, 6.07) is 4.87. The van der Waals surface area contributed by atoms with Gasteiger partial charge in [0.2, 0.25) is 0 Å². The largest absolute Gasteiger partial charge is 0.479 e. The number of aliphatic hydroxyl groups excluding tert-OH is 1. The molecule has 1 atom stereocenters. The summed E-state index contributed by atoms with van der Waals surface area (Å²) in [5.41, 5.74) is 0.857. The molecule has 0 radical (unpaired) electrons. The van der Waals surface area contributed by atoms with E-state index >= 15 is 0 Å². The number of aryl methyl sites for hydroxylation is 1. The lowest BCUT2D eigenvalue weighted by Crippen LogP contribution is -2.12. The first-order valence-electron chi connectivity index (χ1n) is 3.45. The molecule has 0 aromatic carbocycles. The van der Waals surface area contributed by atoms with Crippen molar-refractivity contribution in [2.75, 3.05) is 0 Å². The highest BCUT2D eigenvalue weighted by Gasteiger charge is 2.16. The van der Waals surface area contributed by atoms with Gasteiger partial charge in [0.05, 0.1) is 5.69 Å². The molecule has 1 rings (SSSR count). The highest BCUT2D eigenvalue weighted by atomic mass is 16.4. The van der Waals surface area contributed by atoms with E-state index < -0.39 is 12.1 Å². The van der Waals surface area contributed by atoms with Crippen molar-refractivity contribution >= 4 is 5.97 Å². The second kappa shape index (κ2) is 3.32. The fraction of sp³-hybridized carbons (Fsp3) is 0.250. The van der Waals surface area contributed by atoms with Gasteiger partial charge in [-0.25, -0.2) is 4.79 Å². The van der Waals surface area contributed by atoms with Crippen molar-refractivity contribution in [1.82, 2.24) is 4.98 Å². The van der Waals surface area contributed by atoms with Gasteiger partial charge in [-0.2, -0.15) is 0 Å². The molecule has 0 spiro atoms. The van der Waals surface area contributed by atoms with Crippen LogP contribution in [0.4, 0.5) is 0 Å². The van der Waals surface area contributed by atoms with Crippen LogP contribution < -0.4 is 0 Å². The molecular formula is C8H9NO3. The highest BCUT2D eigenvalue weighted by molar-refractivity contribution is 5.73. The Kier molecular flexibility index (Phi) is 2.40. The molecule has 1 heterocycles. The second-order valence-electron chi connectivity index (χ2n) is 2.44. The summed E-state index contributed by atoms with van der Waals surface area (Å²) in [7, 11) is 0. The summed E-state index contributed by atoms with van der Waals surface area (Å²) in [5, 5.41) is 17.5. The Morgan fingerprint density at radius 3 is 2.75 bits per heavy atom. The van der Waals surface area contributed by atoms with Crippen molar-refractivity contribution in [1.29, 1.82) is 0 Å². The molecule has 64 valence electrons. The van der Waals surface area contributed by atoms with Crippen molar-refractivity contribution < 1.29 is 15.0 Å². The van der Waals surface area contributed by atoms with E-state index in [4.69, 9.17) is 10.2 Å². The molecule has 12 heavy (non-hydrogen) atoms. The van der Waals surface area contributed by atoms with E-state index in [0.717, 1.165) is 0 Å². The lowest BCUT2D eigenvalue weighted by atomic mass is 10.2. The van der Waals surface area contributed by atoms with Crippen LogP contribution >= 0.6 is 0 Å². The molecule has 0 unspecified atom stereocenters. The SMILES string of the molecule is Cc1cccc([C@@H](O)C(=O)O)n1. The fourth-order valence-electron chi connectivity index (χ4n) is 0.843. The van der Waals surface area contributed by atoms with Crippen LogP contribution in [-0.4, -0.2) is 21.2 Å². The van der Waals surface area contributed by atoms with E-state index in [1.807, 2.05) is 0 Å². The first-order chi connectivity index (χ1) is 5.61. The van der Waals surface area contributed by atoms with Crippen LogP contribution in [0, 0.1) is 6.92 Å². The van der Waals surface area contributed by atoms with Gasteiger partial charge < -0.3 is 10.2 Å². The molecule has 2 N–H and O–H groups in total. The first kappa shape index (κ1) is 8.67. The lowest BCUT2D eigenvalue weighted by molar-refractivity contribution is -0.147. The van der Waals surface area contributed by atoms with Crippen molar-refractivity contribution in [3.05, 3.63) is 29.6 Å². The Labute approximate surface area is 69.5 Å².